The van der Waals surface area contributed by atoms with Crippen molar-refractivity contribution in [2.75, 3.05) is 41.6 Å². The lowest BCUT2D eigenvalue weighted by Gasteiger charge is -2.37. The Labute approximate surface area is 434 Å². The number of carboxylic acids is 1. The molecule has 1 aliphatic carbocycles. The number of nitrogens with one attached hydrogen (secondary N) is 1. The second-order valence-corrected chi connectivity index (χ2v) is 19.4. The van der Waals surface area contributed by atoms with Gasteiger partial charge in [0.05, 0.1) is 58.0 Å². The Morgan fingerprint density at radius 1 is 0.824 bits per heavy atom. The van der Waals surface area contributed by atoms with Crippen LogP contribution in [0.15, 0.2) is 97.1 Å². The zero-order chi connectivity index (χ0) is 52.4. The number of hydrogen-bond donors (Lipinski definition) is 2. The topological polar surface area (TPSA) is 179 Å². The number of ketones is 1. The van der Waals surface area contributed by atoms with E-state index in [9.17, 15) is 24.3 Å². The van der Waals surface area contributed by atoms with E-state index < -0.39 is 18.0 Å². The number of benzene rings is 5. The highest BCUT2D eigenvalue weighted by Crippen LogP contribution is 2.50. The maximum absolute atomic E-state index is 13.5. The first-order valence-corrected chi connectivity index (χ1v) is 25.0. The SMILES string of the molecule is C=C(C)[C@H]1Cc2c(ccc3c2O[C@@H]2COc4cc(OC)c(OC)cc4[C@@H]2C3=O)O1.COc1ccc(C2CNC(=O)C2)cc1OC1CCCC1.COc1ccc2c(c1)c(CC(=O)O)c(C)n2C(=O)c1ccc(Cl)cc1. The average Bonchev–Trinajstić information content (AvgIpc) is 4.24. The lowest BCUT2D eigenvalue weighted by molar-refractivity contribution is -0.136. The number of rotatable bonds is 11. The third-order valence-electron chi connectivity index (χ3n) is 14.3. The fourth-order valence-electron chi connectivity index (χ4n) is 10.4. The van der Waals surface area contributed by atoms with Gasteiger partial charge in [-0.2, -0.15) is 0 Å². The lowest BCUT2D eigenvalue weighted by Crippen LogP contribution is -2.43. The van der Waals surface area contributed by atoms with E-state index in [1.54, 1.807) is 90.0 Å². The van der Waals surface area contributed by atoms with Crippen LogP contribution < -0.4 is 43.2 Å². The molecule has 0 spiro atoms. The summed E-state index contributed by atoms with van der Waals surface area (Å²) in [4.78, 5) is 49.1. The molecule has 15 nitrogen and oxygen atoms in total. The minimum Gasteiger partial charge on any atom is -0.497 e. The number of aliphatic carboxylic acids is 1. The summed E-state index contributed by atoms with van der Waals surface area (Å²) in [6.07, 6.45) is 5.59. The van der Waals surface area contributed by atoms with Crippen molar-refractivity contribution in [2.45, 2.75) is 88.9 Å². The number of carbonyl (C=O) groups is 4. The van der Waals surface area contributed by atoms with Gasteiger partial charge in [0.1, 0.15) is 41.8 Å². The number of ether oxygens (including phenoxy) is 8. The van der Waals surface area contributed by atoms with Crippen molar-refractivity contribution in [1.29, 1.82) is 0 Å². The van der Waals surface area contributed by atoms with E-state index in [4.69, 9.17) is 49.5 Å². The van der Waals surface area contributed by atoms with Crippen LogP contribution in [0.2, 0.25) is 5.02 Å². The Hall–Kier alpha value is -7.65. The monoisotopic (exact) mass is 1030 g/mol. The van der Waals surface area contributed by atoms with Gasteiger partial charge in [0.2, 0.25) is 5.91 Å². The summed E-state index contributed by atoms with van der Waals surface area (Å²) in [5.74, 6) is 4.07. The maximum atomic E-state index is 13.5. The van der Waals surface area contributed by atoms with E-state index in [0.717, 1.165) is 52.4 Å². The van der Waals surface area contributed by atoms with E-state index in [2.05, 4.69) is 11.9 Å². The first-order chi connectivity index (χ1) is 35.7. The van der Waals surface area contributed by atoms with E-state index in [-0.39, 0.29) is 42.6 Å². The number of aromatic nitrogens is 1. The minimum absolute atomic E-state index is 0.0228. The van der Waals surface area contributed by atoms with Gasteiger partial charge in [0.15, 0.2) is 28.8 Å². The Bertz CT molecular complexity index is 3160. The molecule has 16 heteroatoms. The van der Waals surface area contributed by atoms with Crippen LogP contribution in [0.3, 0.4) is 0 Å². The number of amides is 1. The highest BCUT2D eigenvalue weighted by atomic mass is 35.5. The van der Waals surface area contributed by atoms with Gasteiger partial charge in [-0.3, -0.25) is 23.7 Å². The molecule has 1 saturated carbocycles. The van der Waals surface area contributed by atoms with Gasteiger partial charge in [-0.15, -0.1) is 0 Å². The Balaban J connectivity index is 0.000000139. The minimum atomic E-state index is -0.955. The fourth-order valence-corrected chi connectivity index (χ4v) is 10.5. The first kappa shape index (κ1) is 51.3. The zero-order valence-corrected chi connectivity index (χ0v) is 43.0. The van der Waals surface area contributed by atoms with Gasteiger partial charge >= 0.3 is 5.97 Å². The van der Waals surface area contributed by atoms with Crippen LogP contribution in [0.4, 0.5) is 0 Å². The third-order valence-corrected chi connectivity index (χ3v) is 14.5. The molecule has 5 heterocycles. The van der Waals surface area contributed by atoms with Crippen molar-refractivity contribution >= 4 is 46.1 Å². The highest BCUT2D eigenvalue weighted by molar-refractivity contribution is 6.30. The van der Waals surface area contributed by atoms with Crippen LogP contribution in [0, 0.1) is 6.92 Å². The number of carboxylic acid groups (broad SMARTS) is 1. The largest absolute Gasteiger partial charge is 0.497 e. The molecule has 5 aliphatic rings. The van der Waals surface area contributed by atoms with Gasteiger partial charge in [-0.25, -0.2) is 0 Å². The molecule has 5 aromatic carbocycles. The molecule has 11 rings (SSSR count). The van der Waals surface area contributed by atoms with E-state index in [0.29, 0.717) is 92.5 Å². The quantitative estimate of drug-likeness (QED) is 0.117. The predicted molar refractivity (Wildman–Crippen MR) is 278 cm³/mol. The second-order valence-electron chi connectivity index (χ2n) is 18.9. The average molecular weight is 1030 g/mol. The van der Waals surface area contributed by atoms with E-state index >= 15 is 0 Å². The summed E-state index contributed by atoms with van der Waals surface area (Å²) in [6, 6.07) is 25.1. The summed E-state index contributed by atoms with van der Waals surface area (Å²) in [6.45, 7) is 8.69. The summed E-state index contributed by atoms with van der Waals surface area (Å²) in [5.41, 5.74) is 6.69. The van der Waals surface area contributed by atoms with Crippen molar-refractivity contribution in [3.63, 3.8) is 0 Å². The Morgan fingerprint density at radius 3 is 2.22 bits per heavy atom. The summed E-state index contributed by atoms with van der Waals surface area (Å²) < 4.78 is 47.3. The van der Waals surface area contributed by atoms with Crippen molar-refractivity contribution in [3.8, 4) is 46.0 Å². The molecule has 2 N–H and O–H groups in total. The normalized spacial score (nSPS) is 19.0. The molecule has 6 aromatic rings. The number of hydrogen-bond acceptors (Lipinski definition) is 12. The molecule has 74 heavy (non-hydrogen) atoms. The summed E-state index contributed by atoms with van der Waals surface area (Å²) >= 11 is 5.89. The molecule has 1 saturated heterocycles. The van der Waals surface area contributed by atoms with Crippen LogP contribution in [0.1, 0.15) is 99.5 Å². The van der Waals surface area contributed by atoms with Crippen molar-refractivity contribution < 1.29 is 62.2 Å². The molecular weight excluding hydrogens is 968 g/mol. The third kappa shape index (κ3) is 10.3. The van der Waals surface area contributed by atoms with Crippen LogP contribution in [-0.4, -0.2) is 93.1 Å². The number of Topliss-reactive ketones (excluding diaryl/α,β-unsaturated/α-hetero) is 1. The summed E-state index contributed by atoms with van der Waals surface area (Å²) in [5, 5.41) is 13.4. The highest BCUT2D eigenvalue weighted by Gasteiger charge is 2.45. The second kappa shape index (κ2) is 21.8. The number of nitrogens with zero attached hydrogens (tertiary/aromatic N) is 1. The van der Waals surface area contributed by atoms with Gasteiger partial charge in [-0.05, 0) is 129 Å². The van der Waals surface area contributed by atoms with Gasteiger partial charge in [0.25, 0.3) is 5.91 Å². The standard InChI is InChI=1S/C23H22O6.C19H16ClNO4.C16H21NO3/c1-11(2)16-8-14-15(28-16)6-5-12-22(24)21-13-7-18(25-3)19(26-4)9-17(13)27-10-20(21)29-23(12)14;1-11-15(10-18(22)23)16-9-14(25-2)7-8-17(16)21(11)19(24)12-3-5-13(20)6-4-12;1-19-14-7-6-11(12-9-16(18)17-10-12)8-15(14)20-13-4-2-3-5-13/h5-7,9,16,20-21H,1,8,10H2,2-4H3;3-9H,10H2,1-2H3,(H,22,23);6-8,12-13H,2-5,9-10H2,1H3,(H,17,18)/t16-,20-,21+;;/m1../s1. The Morgan fingerprint density at radius 2 is 1.55 bits per heavy atom. The molecule has 1 unspecified atom stereocenters. The van der Waals surface area contributed by atoms with Crippen LogP contribution >= 0.6 is 11.6 Å². The zero-order valence-electron chi connectivity index (χ0n) is 42.2. The predicted octanol–water partition coefficient (Wildman–Crippen LogP) is 10.3. The molecule has 386 valence electrons. The molecule has 4 atom stereocenters. The van der Waals surface area contributed by atoms with Crippen LogP contribution in [0.5, 0.6) is 46.0 Å². The fraction of sp³-hybridized carbons (Fsp3) is 0.345. The van der Waals surface area contributed by atoms with Crippen molar-refractivity contribution in [2.24, 2.45) is 0 Å². The van der Waals surface area contributed by atoms with Crippen molar-refractivity contribution in [3.05, 3.63) is 141 Å². The number of fused-ring (bicyclic) bond motifs is 7. The Kier molecular flexibility index (Phi) is 15.1. The number of carbonyl (C=O) groups excluding carboxylic acids is 3. The van der Waals surface area contributed by atoms with Crippen LogP contribution in [-0.2, 0) is 22.4 Å². The lowest BCUT2D eigenvalue weighted by atomic mass is 9.81. The molecule has 1 aromatic heterocycles. The first-order valence-electron chi connectivity index (χ1n) is 24.6. The maximum Gasteiger partial charge on any atom is 0.307 e. The van der Waals surface area contributed by atoms with Crippen molar-refractivity contribution in [1.82, 2.24) is 9.88 Å². The van der Waals surface area contributed by atoms with E-state index in [1.807, 2.05) is 37.3 Å². The molecular formula is C58H59ClN2O13. The molecule has 0 radical (unpaired) electrons. The number of halogens is 1. The molecule has 1 amide bonds. The number of methoxy groups -OCH3 is 4. The molecule has 0 bridgehead atoms. The van der Waals surface area contributed by atoms with Crippen LogP contribution in [0.25, 0.3) is 10.9 Å². The molecule has 4 aliphatic heterocycles. The molecule has 2 fully saturated rings. The van der Waals surface area contributed by atoms with E-state index in [1.165, 1.54) is 17.4 Å². The van der Waals surface area contributed by atoms with Gasteiger partial charge < -0.3 is 48.3 Å². The van der Waals surface area contributed by atoms with Gasteiger partial charge in [0, 0.05) is 64.2 Å². The summed E-state index contributed by atoms with van der Waals surface area (Å²) in [7, 11) is 6.35. The van der Waals surface area contributed by atoms with Gasteiger partial charge in [-0.1, -0.05) is 24.2 Å². The smallest absolute Gasteiger partial charge is 0.307 e.